The van der Waals surface area contributed by atoms with Crippen LogP contribution in [0.3, 0.4) is 0 Å². The largest absolute Gasteiger partial charge is 0.341 e. The fourth-order valence-electron chi connectivity index (χ4n) is 2.24. The van der Waals surface area contributed by atoms with Crippen LogP contribution in [0.2, 0.25) is 0 Å². The minimum absolute atomic E-state index is 0.0333. The monoisotopic (exact) mass is 371 g/mol. The molecule has 1 heterocycles. The number of urea groups is 1. The average Bonchev–Trinajstić information content (AvgIpc) is 3.13. The van der Waals surface area contributed by atoms with E-state index in [0.29, 0.717) is 11.4 Å². The van der Waals surface area contributed by atoms with Crippen molar-refractivity contribution in [3.63, 3.8) is 0 Å². The van der Waals surface area contributed by atoms with E-state index in [1.165, 1.54) is 30.2 Å². The minimum Gasteiger partial charge on any atom is -0.341 e. The van der Waals surface area contributed by atoms with Crippen molar-refractivity contribution in [3.05, 3.63) is 67.0 Å². The molecule has 3 N–H and O–H groups in total. The smallest absolute Gasteiger partial charge is 0.318 e. The summed E-state index contributed by atoms with van der Waals surface area (Å²) in [5.74, 6) is 0. The molecular weight excluding hydrogens is 354 g/mol. The van der Waals surface area contributed by atoms with Gasteiger partial charge in [0.15, 0.2) is 0 Å². The maximum Gasteiger partial charge on any atom is 0.318 e. The van der Waals surface area contributed by atoms with Crippen molar-refractivity contribution in [2.24, 2.45) is 0 Å². The molecule has 0 atom stereocenters. The van der Waals surface area contributed by atoms with Gasteiger partial charge in [0.2, 0.25) is 0 Å². The summed E-state index contributed by atoms with van der Waals surface area (Å²) in [6.07, 6.45) is 2.71. The number of amides is 2. The fourth-order valence-corrected chi connectivity index (χ4v) is 3.21. The molecule has 0 radical (unpaired) electrons. The number of hydrogen-bond acceptors (Lipinski definition) is 4. The molecule has 0 fully saturated rings. The molecule has 2 aromatic carbocycles. The third-order valence-electron chi connectivity index (χ3n) is 3.49. The first-order chi connectivity index (χ1) is 12.5. The molecule has 134 valence electrons. The quantitative estimate of drug-likeness (QED) is 0.640. The number of hydrogen-bond donors (Lipinski definition) is 3. The number of nitrogens with one attached hydrogen (secondary N) is 3. The SMILES string of the molecule is CNC(=O)Nc1cccc(NS(=O)(=O)c2cnn(-c3ccccc3)c2)c1. The van der Waals surface area contributed by atoms with Gasteiger partial charge in [-0.3, -0.25) is 4.72 Å². The molecule has 26 heavy (non-hydrogen) atoms. The van der Waals surface area contributed by atoms with Gasteiger partial charge in [-0.15, -0.1) is 0 Å². The summed E-state index contributed by atoms with van der Waals surface area (Å²) in [7, 11) is -2.32. The number of anilines is 2. The zero-order chi connectivity index (χ0) is 18.6. The molecule has 8 nitrogen and oxygen atoms in total. The summed E-state index contributed by atoms with van der Waals surface area (Å²) >= 11 is 0. The second kappa shape index (κ2) is 7.28. The molecule has 2 amide bonds. The Bertz CT molecular complexity index is 1020. The summed E-state index contributed by atoms with van der Waals surface area (Å²) in [4.78, 5) is 11.4. The number of benzene rings is 2. The van der Waals surface area contributed by atoms with Gasteiger partial charge in [0.1, 0.15) is 4.90 Å². The van der Waals surface area contributed by atoms with Gasteiger partial charge >= 0.3 is 6.03 Å². The highest BCUT2D eigenvalue weighted by atomic mass is 32.2. The van der Waals surface area contributed by atoms with Crippen molar-refractivity contribution >= 4 is 27.4 Å². The lowest BCUT2D eigenvalue weighted by Crippen LogP contribution is -2.24. The van der Waals surface area contributed by atoms with Crippen LogP contribution in [0.1, 0.15) is 0 Å². The van der Waals surface area contributed by atoms with Crippen LogP contribution in [0.4, 0.5) is 16.2 Å². The Morgan fingerprint density at radius 3 is 2.50 bits per heavy atom. The van der Waals surface area contributed by atoms with Gasteiger partial charge in [-0.2, -0.15) is 5.10 Å². The van der Waals surface area contributed by atoms with Crippen LogP contribution in [0.15, 0.2) is 71.9 Å². The van der Waals surface area contributed by atoms with Gasteiger partial charge < -0.3 is 10.6 Å². The second-order valence-electron chi connectivity index (χ2n) is 5.35. The highest BCUT2D eigenvalue weighted by Crippen LogP contribution is 2.20. The molecule has 9 heteroatoms. The van der Waals surface area contributed by atoms with E-state index in [1.807, 2.05) is 30.3 Å². The van der Waals surface area contributed by atoms with Gasteiger partial charge in [-0.05, 0) is 30.3 Å². The number of sulfonamides is 1. The highest BCUT2D eigenvalue weighted by Gasteiger charge is 2.17. The summed E-state index contributed by atoms with van der Waals surface area (Å²) < 4.78 is 29.1. The normalized spacial score (nSPS) is 11.0. The van der Waals surface area contributed by atoms with Crippen molar-refractivity contribution in [2.75, 3.05) is 17.1 Å². The number of para-hydroxylation sites is 1. The molecule has 0 saturated carbocycles. The van der Waals surface area contributed by atoms with Crippen LogP contribution in [0.5, 0.6) is 0 Å². The molecule has 0 aliphatic heterocycles. The Morgan fingerprint density at radius 1 is 1.04 bits per heavy atom. The Kier molecular flexibility index (Phi) is 4.90. The van der Waals surface area contributed by atoms with E-state index in [-0.39, 0.29) is 4.90 Å². The van der Waals surface area contributed by atoms with E-state index >= 15 is 0 Å². The zero-order valence-electron chi connectivity index (χ0n) is 13.9. The predicted molar refractivity (Wildman–Crippen MR) is 98.9 cm³/mol. The molecule has 3 rings (SSSR count). The molecule has 1 aromatic heterocycles. The number of carbonyl (C=O) groups is 1. The van der Waals surface area contributed by atoms with Crippen molar-refractivity contribution < 1.29 is 13.2 Å². The lowest BCUT2D eigenvalue weighted by molar-refractivity contribution is 0.254. The van der Waals surface area contributed by atoms with Gasteiger partial charge in [0, 0.05) is 12.7 Å². The fraction of sp³-hybridized carbons (Fsp3) is 0.0588. The topological polar surface area (TPSA) is 105 Å². The third kappa shape index (κ3) is 4.01. The lowest BCUT2D eigenvalue weighted by atomic mass is 10.3. The van der Waals surface area contributed by atoms with Gasteiger partial charge in [0.05, 0.1) is 23.8 Å². The zero-order valence-corrected chi connectivity index (χ0v) is 14.7. The summed E-state index contributed by atoms with van der Waals surface area (Å²) in [6, 6.07) is 15.2. The van der Waals surface area contributed by atoms with E-state index < -0.39 is 16.1 Å². The van der Waals surface area contributed by atoms with Crippen molar-refractivity contribution in [3.8, 4) is 5.69 Å². The van der Waals surface area contributed by atoms with Crippen LogP contribution in [-0.4, -0.2) is 31.3 Å². The van der Waals surface area contributed by atoms with Crippen LogP contribution < -0.4 is 15.4 Å². The first-order valence-electron chi connectivity index (χ1n) is 7.70. The lowest BCUT2D eigenvalue weighted by Gasteiger charge is -2.09. The van der Waals surface area contributed by atoms with Crippen molar-refractivity contribution in [2.45, 2.75) is 4.90 Å². The van der Waals surface area contributed by atoms with Gasteiger partial charge in [-0.25, -0.2) is 17.9 Å². The standard InChI is InChI=1S/C17H17N5O3S/c1-18-17(23)20-13-6-5-7-14(10-13)21-26(24,25)16-11-19-22(12-16)15-8-3-2-4-9-15/h2-12,21H,1H3,(H2,18,20,23). The molecule has 0 spiro atoms. The second-order valence-corrected chi connectivity index (χ2v) is 7.03. The highest BCUT2D eigenvalue weighted by molar-refractivity contribution is 7.92. The number of carbonyl (C=O) groups excluding carboxylic acids is 1. The van der Waals surface area contributed by atoms with Crippen LogP contribution in [0, 0.1) is 0 Å². The summed E-state index contributed by atoms with van der Waals surface area (Å²) in [6.45, 7) is 0. The number of rotatable bonds is 5. The van der Waals surface area contributed by atoms with E-state index in [2.05, 4.69) is 20.5 Å². The van der Waals surface area contributed by atoms with E-state index in [0.717, 1.165) is 5.69 Å². The van der Waals surface area contributed by atoms with Crippen LogP contribution in [-0.2, 0) is 10.0 Å². The number of aromatic nitrogens is 2. The first kappa shape index (κ1) is 17.5. The average molecular weight is 371 g/mol. The molecule has 0 aliphatic carbocycles. The van der Waals surface area contributed by atoms with E-state index in [4.69, 9.17) is 0 Å². The minimum atomic E-state index is -3.81. The summed E-state index contributed by atoms with van der Waals surface area (Å²) in [5, 5.41) is 9.10. The Balaban J connectivity index is 1.80. The predicted octanol–water partition coefficient (Wildman–Crippen LogP) is 2.42. The van der Waals surface area contributed by atoms with E-state index in [1.54, 1.807) is 18.2 Å². The maximum absolute atomic E-state index is 12.6. The molecule has 0 bridgehead atoms. The Morgan fingerprint density at radius 2 is 1.77 bits per heavy atom. The third-order valence-corrected chi connectivity index (χ3v) is 4.83. The summed E-state index contributed by atoms with van der Waals surface area (Å²) in [5.41, 5.74) is 1.54. The molecule has 3 aromatic rings. The number of nitrogens with zero attached hydrogens (tertiary/aromatic N) is 2. The Hall–Kier alpha value is -3.33. The molecule has 0 unspecified atom stereocenters. The first-order valence-corrected chi connectivity index (χ1v) is 9.18. The Labute approximate surface area is 150 Å². The van der Waals surface area contributed by atoms with Gasteiger partial charge in [0.25, 0.3) is 10.0 Å². The molecular formula is C17H17N5O3S. The van der Waals surface area contributed by atoms with E-state index in [9.17, 15) is 13.2 Å². The maximum atomic E-state index is 12.6. The molecule has 0 aliphatic rings. The van der Waals surface area contributed by atoms with Gasteiger partial charge in [-0.1, -0.05) is 24.3 Å². The molecule has 0 saturated heterocycles. The van der Waals surface area contributed by atoms with Crippen LogP contribution >= 0.6 is 0 Å². The van der Waals surface area contributed by atoms with Crippen molar-refractivity contribution in [1.29, 1.82) is 0 Å². The van der Waals surface area contributed by atoms with Crippen molar-refractivity contribution in [1.82, 2.24) is 15.1 Å². The van der Waals surface area contributed by atoms with Crippen LogP contribution in [0.25, 0.3) is 5.69 Å².